The van der Waals surface area contributed by atoms with Gasteiger partial charge in [0.25, 0.3) is 0 Å². The molecule has 0 radical (unpaired) electrons. The van der Waals surface area contributed by atoms with Crippen LogP contribution in [0.4, 0.5) is 5.69 Å². The molecule has 3 aromatic rings. The Balaban J connectivity index is 0.00000380. The Labute approximate surface area is 228 Å². The normalized spacial score (nSPS) is 16.4. The summed E-state index contributed by atoms with van der Waals surface area (Å²) in [6, 6.07) is 25.5. The molecule has 1 aliphatic heterocycles. The predicted molar refractivity (Wildman–Crippen MR) is 143 cm³/mol. The minimum Gasteiger partial charge on any atom is -0.625 e. The molecule has 1 aliphatic rings. The fourth-order valence-corrected chi connectivity index (χ4v) is 4.50. The number of amides is 1. The average Bonchev–Trinajstić information content (AvgIpc) is 3.36. The molecule has 2 atom stereocenters. The zero-order valence-corrected chi connectivity index (χ0v) is 21.5. The van der Waals surface area contributed by atoms with Crippen LogP contribution in [0.5, 0.6) is 0 Å². The molecule has 1 unspecified atom stereocenters. The number of carbonyl (C=O) groups is 2. The summed E-state index contributed by atoms with van der Waals surface area (Å²) in [7, 11) is 0. The topological polar surface area (TPSA) is 84.1 Å². The maximum atomic E-state index is 13.4. The van der Waals surface area contributed by atoms with Crippen molar-refractivity contribution in [2.75, 3.05) is 6.54 Å². The standard InChI is InChI=1S/C30H31N3O3.Ni/c1-2-12-26(30(35)36)31-28(23-15-7-4-8-16-23)24-17-9-10-18-25(24)32-29(34)27-19-11-20-33(27)21-22-13-5-3-6-14-22;/h2-10,13-18,26-27H,1,11-12,19-21H2,(H2,31,32,34,35,36);/q;+2/p-1/t26-,27?;/m0./s1. The number of hydrogen-bond donors (Lipinski definition) is 1. The van der Waals surface area contributed by atoms with Gasteiger partial charge < -0.3 is 15.2 Å². The first-order chi connectivity index (χ1) is 17.6. The van der Waals surface area contributed by atoms with Gasteiger partial charge in [-0.15, -0.1) is 12.3 Å². The van der Waals surface area contributed by atoms with E-state index in [9.17, 15) is 14.7 Å². The average molecular weight is 539 g/mol. The van der Waals surface area contributed by atoms with Crippen LogP contribution in [0, 0.1) is 0 Å². The number of benzene rings is 3. The third kappa shape index (κ3) is 7.25. The van der Waals surface area contributed by atoms with Gasteiger partial charge in [-0.2, -0.15) is 0 Å². The van der Waals surface area contributed by atoms with Crippen molar-refractivity contribution in [2.24, 2.45) is 4.99 Å². The van der Waals surface area contributed by atoms with Crippen LogP contribution in [-0.2, 0) is 32.6 Å². The molecular weight excluding hydrogens is 509 g/mol. The molecular formula is C30H30N3NiO3+. The van der Waals surface area contributed by atoms with Crippen LogP contribution >= 0.6 is 0 Å². The first-order valence-electron chi connectivity index (χ1n) is 12.2. The molecule has 0 aromatic heterocycles. The fraction of sp³-hybridized carbons (Fsp3) is 0.233. The second-order valence-corrected chi connectivity index (χ2v) is 8.80. The van der Waals surface area contributed by atoms with Crippen molar-refractivity contribution in [3.63, 3.8) is 0 Å². The summed E-state index contributed by atoms with van der Waals surface area (Å²) in [5, 5.41) is 14.3. The Morgan fingerprint density at radius 1 is 1.03 bits per heavy atom. The zero-order valence-electron chi connectivity index (χ0n) is 20.5. The third-order valence-corrected chi connectivity index (χ3v) is 6.27. The Hall–Kier alpha value is -3.54. The number of carbonyl (C=O) groups excluding carboxylic acids is 1. The molecule has 1 N–H and O–H groups in total. The van der Waals surface area contributed by atoms with E-state index < -0.39 is 12.0 Å². The van der Waals surface area contributed by atoms with Crippen molar-refractivity contribution in [3.05, 3.63) is 120 Å². The van der Waals surface area contributed by atoms with E-state index in [1.165, 1.54) is 0 Å². The van der Waals surface area contributed by atoms with E-state index >= 15 is 0 Å². The molecule has 0 aliphatic carbocycles. The van der Waals surface area contributed by atoms with Crippen molar-refractivity contribution in [1.82, 2.24) is 4.90 Å². The molecule has 6 nitrogen and oxygen atoms in total. The molecule has 192 valence electrons. The van der Waals surface area contributed by atoms with Crippen LogP contribution in [0.2, 0.25) is 0 Å². The zero-order chi connectivity index (χ0) is 25.3. The van der Waals surface area contributed by atoms with E-state index in [1.54, 1.807) is 12.1 Å². The van der Waals surface area contributed by atoms with Gasteiger partial charge in [-0.3, -0.25) is 9.89 Å². The molecule has 7 heteroatoms. The van der Waals surface area contributed by atoms with Crippen molar-refractivity contribution >= 4 is 23.3 Å². The van der Waals surface area contributed by atoms with Gasteiger partial charge in [0, 0.05) is 12.1 Å². The Morgan fingerprint density at radius 2 is 1.68 bits per heavy atom. The first kappa shape index (κ1) is 28.0. The molecule has 1 amide bonds. The van der Waals surface area contributed by atoms with Crippen molar-refractivity contribution in [1.29, 1.82) is 0 Å². The summed E-state index contributed by atoms with van der Waals surface area (Å²) in [6.45, 7) is 5.22. The summed E-state index contributed by atoms with van der Waals surface area (Å²) < 4.78 is 0. The molecule has 1 saturated heterocycles. The van der Waals surface area contributed by atoms with Crippen molar-refractivity contribution in [3.8, 4) is 0 Å². The SMILES string of the molecule is C=CC[C@H](N=C(c1ccccc1)c1ccccc1[N-]C(=O)C1CCCN1Cc1ccccc1)C(=O)O.[Ni+2]. The molecule has 0 bridgehead atoms. The minimum absolute atomic E-state index is 0. The number of carboxylic acid groups (broad SMARTS) is 1. The molecule has 0 saturated carbocycles. The van der Waals surface area contributed by atoms with Crippen LogP contribution in [0.1, 0.15) is 36.0 Å². The van der Waals surface area contributed by atoms with Crippen LogP contribution in [0.15, 0.2) is 103 Å². The van der Waals surface area contributed by atoms with Crippen LogP contribution in [0.3, 0.4) is 0 Å². The van der Waals surface area contributed by atoms with Crippen molar-refractivity contribution in [2.45, 2.75) is 37.9 Å². The van der Waals surface area contributed by atoms with Gasteiger partial charge in [0.2, 0.25) is 0 Å². The molecule has 1 heterocycles. The van der Waals surface area contributed by atoms with Crippen LogP contribution < -0.4 is 0 Å². The summed E-state index contributed by atoms with van der Waals surface area (Å²) in [4.78, 5) is 32.1. The summed E-state index contributed by atoms with van der Waals surface area (Å²) in [5.41, 5.74) is 3.52. The number of hydrogen-bond acceptors (Lipinski definition) is 4. The van der Waals surface area contributed by atoms with Gasteiger partial charge >= 0.3 is 22.5 Å². The van der Waals surface area contributed by atoms with Gasteiger partial charge in [0.15, 0.2) is 6.04 Å². The molecule has 3 aromatic carbocycles. The smallest absolute Gasteiger partial charge is 0.625 e. The fourth-order valence-electron chi connectivity index (χ4n) is 4.50. The maximum absolute atomic E-state index is 13.4. The summed E-state index contributed by atoms with van der Waals surface area (Å²) in [5.74, 6) is -1.22. The largest absolute Gasteiger partial charge is 2.00 e. The number of nitrogens with zero attached hydrogens (tertiary/aromatic N) is 3. The van der Waals surface area contributed by atoms with Gasteiger partial charge in [0.1, 0.15) is 0 Å². The minimum atomic E-state index is -1.03. The van der Waals surface area contributed by atoms with Crippen molar-refractivity contribution < 1.29 is 31.2 Å². The monoisotopic (exact) mass is 538 g/mol. The number of carboxylic acids is 1. The van der Waals surface area contributed by atoms with Crippen LogP contribution in [-0.4, -0.2) is 46.2 Å². The molecule has 4 rings (SSSR count). The number of rotatable bonds is 10. The maximum Gasteiger partial charge on any atom is 2.00 e. The second kappa shape index (κ2) is 13.7. The van der Waals surface area contributed by atoms with Gasteiger partial charge in [0.05, 0.1) is 17.7 Å². The quantitative estimate of drug-likeness (QED) is 0.202. The van der Waals surface area contributed by atoms with Crippen LogP contribution in [0.25, 0.3) is 5.32 Å². The second-order valence-electron chi connectivity index (χ2n) is 8.80. The van der Waals surface area contributed by atoms with E-state index in [1.807, 2.05) is 66.7 Å². The van der Waals surface area contributed by atoms with Gasteiger partial charge in [-0.05, 0) is 36.9 Å². The Morgan fingerprint density at radius 3 is 2.35 bits per heavy atom. The van der Waals surface area contributed by atoms with E-state index in [0.29, 0.717) is 23.5 Å². The van der Waals surface area contributed by atoms with E-state index in [4.69, 9.17) is 0 Å². The number of likely N-dealkylation sites (tertiary alicyclic amines) is 1. The summed E-state index contributed by atoms with van der Waals surface area (Å²) in [6.07, 6.45) is 3.45. The van der Waals surface area contributed by atoms with Gasteiger partial charge in [-0.25, -0.2) is 4.79 Å². The number of aliphatic carboxylic acids is 1. The Bertz CT molecular complexity index is 1230. The number of aliphatic imine (C=N–C) groups is 1. The Kier molecular flexibility index (Phi) is 10.4. The van der Waals surface area contributed by atoms with Gasteiger partial charge in [-0.1, -0.05) is 91.0 Å². The first-order valence-corrected chi connectivity index (χ1v) is 12.2. The third-order valence-electron chi connectivity index (χ3n) is 6.27. The number of para-hydroxylation sites is 1. The molecule has 37 heavy (non-hydrogen) atoms. The molecule has 0 spiro atoms. The van der Waals surface area contributed by atoms with E-state index in [2.05, 4.69) is 33.9 Å². The predicted octanol–water partition coefficient (Wildman–Crippen LogP) is 5.75. The summed E-state index contributed by atoms with van der Waals surface area (Å²) >= 11 is 0. The van der Waals surface area contributed by atoms with E-state index in [0.717, 1.165) is 30.5 Å². The van der Waals surface area contributed by atoms with E-state index in [-0.39, 0.29) is 34.9 Å². The molecule has 1 fully saturated rings.